The maximum Gasteiger partial charge on any atom is 0.319 e. The van der Waals surface area contributed by atoms with Crippen molar-refractivity contribution in [3.8, 4) is 0 Å². The molecule has 0 N–H and O–H groups in total. The van der Waals surface area contributed by atoms with Crippen LogP contribution in [0, 0.1) is 0 Å². The Morgan fingerprint density at radius 3 is 2.50 bits per heavy atom. The number of Topliss-reactive ketones (excluding diaryl/α,β-unsaturated/α-hetero) is 1. The van der Waals surface area contributed by atoms with Crippen molar-refractivity contribution in [2.45, 2.75) is 36.8 Å². The maximum atomic E-state index is 11.7. The minimum Gasteiger partial charge on any atom is -0.465 e. The molecule has 0 spiro atoms. The van der Waals surface area contributed by atoms with Gasteiger partial charge in [0.05, 0.1) is 12.5 Å². The van der Waals surface area contributed by atoms with Gasteiger partial charge in [0.2, 0.25) is 0 Å². The van der Waals surface area contributed by atoms with E-state index in [-0.39, 0.29) is 22.9 Å². The fourth-order valence-electron chi connectivity index (χ4n) is 1.48. The maximum absolute atomic E-state index is 11.7. The number of carbonyl (C=O) groups excluding carboxylic acids is 2. The summed E-state index contributed by atoms with van der Waals surface area (Å²) in [5.41, 5.74) is 0.586. The molecule has 0 saturated heterocycles. The molecule has 1 rings (SSSR count). The third-order valence-electron chi connectivity index (χ3n) is 2.68. The summed E-state index contributed by atoms with van der Waals surface area (Å²) in [5, 5.41) is -0.263. The number of ether oxygens (including phenoxy) is 1. The molecule has 110 valence electrons. The van der Waals surface area contributed by atoms with Crippen molar-refractivity contribution in [1.82, 2.24) is 0 Å². The van der Waals surface area contributed by atoms with Crippen molar-refractivity contribution >= 4 is 35.1 Å². The Kier molecular flexibility index (Phi) is 7.70. The molecule has 0 bridgehead atoms. The average molecular weight is 315 g/mol. The minimum atomic E-state index is -0.263. The van der Waals surface area contributed by atoms with Gasteiger partial charge in [0.25, 0.3) is 0 Å². The highest BCUT2D eigenvalue weighted by Crippen LogP contribution is 2.24. The monoisotopic (exact) mass is 314 g/mol. The van der Waals surface area contributed by atoms with Crippen LogP contribution < -0.4 is 0 Å². The van der Waals surface area contributed by atoms with E-state index in [0.717, 1.165) is 17.7 Å². The second kappa shape index (κ2) is 9.03. The Morgan fingerprint density at radius 1 is 1.30 bits per heavy atom. The highest BCUT2D eigenvalue weighted by Gasteiger charge is 2.15. The van der Waals surface area contributed by atoms with Crippen LogP contribution in [-0.4, -0.2) is 29.5 Å². The van der Waals surface area contributed by atoms with E-state index in [0.29, 0.717) is 12.2 Å². The summed E-state index contributed by atoms with van der Waals surface area (Å²) < 4.78 is 5.16. The molecule has 0 aliphatic heterocycles. The largest absolute Gasteiger partial charge is 0.465 e. The summed E-state index contributed by atoms with van der Waals surface area (Å²) in [4.78, 5) is 24.0. The number of hydrogen-bond donors (Lipinski definition) is 0. The zero-order valence-corrected chi connectivity index (χ0v) is 13.3. The van der Waals surface area contributed by atoms with Crippen molar-refractivity contribution in [2.24, 2.45) is 0 Å². The van der Waals surface area contributed by atoms with Crippen molar-refractivity contribution in [1.29, 1.82) is 0 Å². The number of unbranched alkanes of at least 4 members (excludes halogenated alkanes) is 1. The number of halogens is 1. The first-order valence-electron chi connectivity index (χ1n) is 6.61. The van der Waals surface area contributed by atoms with Crippen LogP contribution in [-0.2, 0) is 9.53 Å². The Balaban J connectivity index is 2.51. The SMILES string of the molecule is CCCCOC(=O)C(C)Sc1ccc(C(=O)CCl)cc1. The molecular weight excluding hydrogens is 296 g/mol. The van der Waals surface area contributed by atoms with E-state index < -0.39 is 0 Å². The first-order valence-corrected chi connectivity index (χ1v) is 8.02. The lowest BCUT2D eigenvalue weighted by Gasteiger charge is -2.11. The van der Waals surface area contributed by atoms with Crippen molar-refractivity contribution in [3.05, 3.63) is 29.8 Å². The molecular formula is C15H19ClO3S. The van der Waals surface area contributed by atoms with Crippen LogP contribution in [0.25, 0.3) is 0 Å². The van der Waals surface area contributed by atoms with Crippen LogP contribution in [0.1, 0.15) is 37.0 Å². The summed E-state index contributed by atoms with van der Waals surface area (Å²) in [6.45, 7) is 4.34. The first kappa shape index (κ1) is 17.1. The van der Waals surface area contributed by atoms with Gasteiger partial charge in [-0.2, -0.15) is 0 Å². The molecule has 1 atom stereocenters. The number of ketones is 1. The second-order valence-corrected chi connectivity index (χ2v) is 6.04. The van der Waals surface area contributed by atoms with E-state index in [2.05, 4.69) is 6.92 Å². The molecule has 1 unspecified atom stereocenters. The van der Waals surface area contributed by atoms with Gasteiger partial charge >= 0.3 is 5.97 Å². The number of hydrogen-bond acceptors (Lipinski definition) is 4. The molecule has 0 fully saturated rings. The van der Waals surface area contributed by atoms with E-state index in [4.69, 9.17) is 16.3 Å². The summed E-state index contributed by atoms with van der Waals surface area (Å²) >= 11 is 6.92. The minimum absolute atomic E-state index is 0.0212. The van der Waals surface area contributed by atoms with Gasteiger partial charge in [-0.05, 0) is 25.5 Å². The molecule has 1 aromatic rings. The molecule has 3 nitrogen and oxygen atoms in total. The topological polar surface area (TPSA) is 43.4 Å². The second-order valence-electron chi connectivity index (χ2n) is 4.36. The van der Waals surface area contributed by atoms with Crippen molar-refractivity contribution < 1.29 is 14.3 Å². The Hall–Kier alpha value is -1.00. The molecule has 0 radical (unpaired) electrons. The van der Waals surface area contributed by atoms with Crippen LogP contribution in [0.15, 0.2) is 29.2 Å². The van der Waals surface area contributed by atoms with Crippen LogP contribution in [0.4, 0.5) is 0 Å². The lowest BCUT2D eigenvalue weighted by Crippen LogP contribution is -2.17. The van der Waals surface area contributed by atoms with Crippen LogP contribution in [0.5, 0.6) is 0 Å². The van der Waals surface area contributed by atoms with E-state index in [9.17, 15) is 9.59 Å². The molecule has 0 heterocycles. The summed E-state index contributed by atoms with van der Waals surface area (Å²) in [6.07, 6.45) is 1.89. The summed E-state index contributed by atoms with van der Waals surface area (Å²) in [5.74, 6) is -0.327. The fraction of sp³-hybridized carbons (Fsp3) is 0.467. The molecule has 20 heavy (non-hydrogen) atoms. The lowest BCUT2D eigenvalue weighted by molar-refractivity contribution is -0.142. The van der Waals surface area contributed by atoms with Gasteiger partial charge in [0, 0.05) is 10.5 Å². The average Bonchev–Trinajstić information content (AvgIpc) is 2.47. The van der Waals surface area contributed by atoms with Crippen molar-refractivity contribution in [3.63, 3.8) is 0 Å². The lowest BCUT2D eigenvalue weighted by atomic mass is 10.1. The molecule has 5 heteroatoms. The number of alkyl halides is 1. The molecule has 0 aliphatic rings. The molecule has 0 aliphatic carbocycles. The molecule has 0 saturated carbocycles. The van der Waals surface area contributed by atoms with Crippen LogP contribution in [0.3, 0.4) is 0 Å². The highest BCUT2D eigenvalue weighted by molar-refractivity contribution is 8.00. The Bertz CT molecular complexity index is 445. The Morgan fingerprint density at radius 2 is 1.95 bits per heavy atom. The zero-order valence-electron chi connectivity index (χ0n) is 11.7. The van der Waals surface area contributed by atoms with Gasteiger partial charge in [0.1, 0.15) is 5.25 Å². The third kappa shape index (κ3) is 5.55. The van der Waals surface area contributed by atoms with E-state index in [1.807, 2.05) is 19.1 Å². The number of thioether (sulfide) groups is 1. The van der Waals surface area contributed by atoms with Crippen LogP contribution in [0.2, 0.25) is 0 Å². The summed E-state index contributed by atoms with van der Waals surface area (Å²) in [7, 11) is 0. The van der Waals surface area contributed by atoms with E-state index in [1.165, 1.54) is 11.8 Å². The predicted octanol–water partition coefficient (Wildman–Crippen LogP) is 3.93. The van der Waals surface area contributed by atoms with Crippen LogP contribution >= 0.6 is 23.4 Å². The van der Waals surface area contributed by atoms with Gasteiger partial charge in [-0.15, -0.1) is 23.4 Å². The number of esters is 1. The normalized spacial score (nSPS) is 11.9. The number of rotatable bonds is 8. The van der Waals surface area contributed by atoms with E-state index in [1.54, 1.807) is 12.1 Å². The van der Waals surface area contributed by atoms with E-state index >= 15 is 0 Å². The van der Waals surface area contributed by atoms with Gasteiger partial charge < -0.3 is 4.74 Å². The standard InChI is InChI=1S/C15H19ClO3S/c1-3-4-9-19-15(18)11(2)20-13-7-5-12(6-8-13)14(17)10-16/h5-8,11H,3-4,9-10H2,1-2H3. The number of benzene rings is 1. The van der Waals surface area contributed by atoms with Gasteiger partial charge in [-0.3, -0.25) is 9.59 Å². The van der Waals surface area contributed by atoms with Gasteiger partial charge in [0.15, 0.2) is 5.78 Å². The quantitative estimate of drug-likeness (QED) is 0.240. The number of carbonyl (C=O) groups is 2. The smallest absolute Gasteiger partial charge is 0.319 e. The zero-order chi connectivity index (χ0) is 15.0. The predicted molar refractivity (Wildman–Crippen MR) is 82.7 cm³/mol. The third-order valence-corrected chi connectivity index (χ3v) is 4.02. The summed E-state index contributed by atoms with van der Waals surface area (Å²) in [6, 6.07) is 7.09. The van der Waals surface area contributed by atoms with Gasteiger partial charge in [-0.25, -0.2) is 0 Å². The Labute approximate surface area is 129 Å². The molecule has 1 aromatic carbocycles. The van der Waals surface area contributed by atoms with Crippen molar-refractivity contribution in [2.75, 3.05) is 12.5 Å². The van der Waals surface area contributed by atoms with Gasteiger partial charge in [-0.1, -0.05) is 25.5 Å². The first-order chi connectivity index (χ1) is 9.58. The molecule has 0 amide bonds. The fourth-order valence-corrected chi connectivity index (χ4v) is 2.50. The highest BCUT2D eigenvalue weighted by atomic mass is 35.5. The molecule has 0 aromatic heterocycles.